The van der Waals surface area contributed by atoms with Crippen LogP contribution in [0.2, 0.25) is 0 Å². The third kappa shape index (κ3) is 6.19. The number of hydrogen-bond donors (Lipinski definition) is 2. The second kappa shape index (κ2) is 11.8. The predicted molar refractivity (Wildman–Crippen MR) is 134 cm³/mol. The highest BCUT2D eigenvalue weighted by Gasteiger charge is 2.39. The van der Waals surface area contributed by atoms with E-state index in [1.807, 2.05) is 4.90 Å². The van der Waals surface area contributed by atoms with Crippen LogP contribution in [0.3, 0.4) is 0 Å². The SMILES string of the molecule is CNC(C)C(=O)NC(C(=O)N1CCC[C@H]1c1cc(Oc2ccc(F)cc2)nc(C)n1)C1CCCCC1. The molecule has 1 saturated heterocycles. The van der Waals surface area contributed by atoms with Crippen LogP contribution in [-0.4, -0.2) is 52.4 Å². The Labute approximate surface area is 212 Å². The fraction of sp³-hybridized carbons (Fsp3) is 0.556. The zero-order chi connectivity index (χ0) is 25.7. The number of aromatic nitrogens is 2. The van der Waals surface area contributed by atoms with Crippen LogP contribution in [-0.2, 0) is 9.59 Å². The van der Waals surface area contributed by atoms with Crippen LogP contribution in [0.4, 0.5) is 4.39 Å². The first-order valence-electron chi connectivity index (χ1n) is 12.9. The fourth-order valence-corrected chi connectivity index (χ4v) is 5.18. The monoisotopic (exact) mass is 497 g/mol. The molecule has 2 fully saturated rings. The van der Waals surface area contributed by atoms with E-state index in [2.05, 4.69) is 20.6 Å². The predicted octanol–water partition coefficient (Wildman–Crippen LogP) is 4.05. The van der Waals surface area contributed by atoms with Crippen LogP contribution in [0.5, 0.6) is 11.6 Å². The van der Waals surface area contributed by atoms with Crippen LogP contribution in [0.25, 0.3) is 0 Å². The first-order chi connectivity index (χ1) is 17.4. The van der Waals surface area contributed by atoms with E-state index < -0.39 is 6.04 Å². The molecule has 194 valence electrons. The molecule has 1 aromatic heterocycles. The van der Waals surface area contributed by atoms with Gasteiger partial charge in [0, 0.05) is 12.6 Å². The maximum absolute atomic E-state index is 13.9. The van der Waals surface area contributed by atoms with E-state index in [4.69, 9.17) is 4.74 Å². The van der Waals surface area contributed by atoms with Crippen LogP contribution < -0.4 is 15.4 Å². The molecule has 1 aliphatic carbocycles. The second-order valence-electron chi connectivity index (χ2n) is 9.82. The third-order valence-corrected chi connectivity index (χ3v) is 7.26. The Bertz CT molecular complexity index is 1060. The molecule has 8 nitrogen and oxygen atoms in total. The summed E-state index contributed by atoms with van der Waals surface area (Å²) in [6.45, 7) is 4.19. The summed E-state index contributed by atoms with van der Waals surface area (Å²) in [6.07, 6.45) is 6.82. The van der Waals surface area contributed by atoms with E-state index in [-0.39, 0.29) is 35.6 Å². The van der Waals surface area contributed by atoms with Gasteiger partial charge in [0.15, 0.2) is 0 Å². The van der Waals surface area contributed by atoms with Crippen molar-refractivity contribution in [3.05, 3.63) is 47.7 Å². The molecule has 4 rings (SSSR count). The number of halogens is 1. The number of nitrogens with one attached hydrogen (secondary N) is 2. The normalized spacial score (nSPS) is 20.1. The lowest BCUT2D eigenvalue weighted by Gasteiger charge is -2.35. The summed E-state index contributed by atoms with van der Waals surface area (Å²) < 4.78 is 19.1. The molecule has 0 radical (unpaired) electrons. The summed E-state index contributed by atoms with van der Waals surface area (Å²) in [6, 6.07) is 6.35. The highest BCUT2D eigenvalue weighted by atomic mass is 19.1. The summed E-state index contributed by atoms with van der Waals surface area (Å²) in [5.41, 5.74) is 0.711. The zero-order valence-electron chi connectivity index (χ0n) is 21.3. The van der Waals surface area contributed by atoms with E-state index in [1.165, 1.54) is 18.6 Å². The molecule has 3 atom stereocenters. The number of likely N-dealkylation sites (tertiary alicyclic amines) is 1. The van der Waals surface area contributed by atoms with E-state index in [9.17, 15) is 14.0 Å². The van der Waals surface area contributed by atoms with Crippen molar-refractivity contribution in [2.75, 3.05) is 13.6 Å². The highest BCUT2D eigenvalue weighted by molar-refractivity contribution is 5.90. The number of nitrogens with zero attached hydrogens (tertiary/aromatic N) is 3. The van der Waals surface area contributed by atoms with Gasteiger partial charge in [-0.3, -0.25) is 9.59 Å². The van der Waals surface area contributed by atoms with Gasteiger partial charge < -0.3 is 20.3 Å². The van der Waals surface area contributed by atoms with Gasteiger partial charge in [-0.2, -0.15) is 4.98 Å². The summed E-state index contributed by atoms with van der Waals surface area (Å²) in [7, 11) is 1.74. The number of carbonyl (C=O) groups is 2. The lowest BCUT2D eigenvalue weighted by Crippen LogP contribution is -2.55. The number of carbonyl (C=O) groups excluding carboxylic acids is 2. The first-order valence-corrected chi connectivity index (χ1v) is 12.9. The third-order valence-electron chi connectivity index (χ3n) is 7.26. The molecule has 9 heteroatoms. The van der Waals surface area contributed by atoms with Gasteiger partial charge in [-0.25, -0.2) is 9.37 Å². The molecule has 0 spiro atoms. The van der Waals surface area contributed by atoms with Gasteiger partial charge >= 0.3 is 0 Å². The standard InChI is InChI=1S/C27H36FN5O3/c1-17(29-3)26(34)32-25(19-8-5-4-6-9-19)27(35)33-15-7-10-23(33)22-16-24(31-18(2)30-22)36-21-13-11-20(28)12-14-21/h11-14,16-17,19,23,25,29H,4-10,15H2,1-3H3,(H,32,34)/t17?,23-,25?/m0/s1. The number of amides is 2. The molecule has 1 aromatic carbocycles. The van der Waals surface area contributed by atoms with Crippen molar-refractivity contribution in [3.8, 4) is 11.6 Å². The zero-order valence-corrected chi connectivity index (χ0v) is 21.3. The lowest BCUT2D eigenvalue weighted by atomic mass is 9.83. The van der Waals surface area contributed by atoms with Crippen LogP contribution in [0.15, 0.2) is 30.3 Å². The molecule has 2 unspecified atom stereocenters. The van der Waals surface area contributed by atoms with Crippen molar-refractivity contribution in [3.63, 3.8) is 0 Å². The summed E-state index contributed by atoms with van der Waals surface area (Å²) >= 11 is 0. The van der Waals surface area contributed by atoms with Crippen molar-refractivity contribution in [2.24, 2.45) is 5.92 Å². The van der Waals surface area contributed by atoms with Gasteiger partial charge in [-0.05, 0) is 76.8 Å². The maximum Gasteiger partial charge on any atom is 0.246 e. The molecular formula is C27H36FN5O3. The van der Waals surface area contributed by atoms with E-state index >= 15 is 0 Å². The summed E-state index contributed by atoms with van der Waals surface area (Å²) in [5, 5.41) is 6.03. The molecule has 2 aliphatic rings. The Hall–Kier alpha value is -3.07. The Balaban J connectivity index is 1.56. The van der Waals surface area contributed by atoms with Crippen LogP contribution >= 0.6 is 0 Å². The minimum absolute atomic E-state index is 0.0432. The van der Waals surface area contributed by atoms with Gasteiger partial charge in [0.2, 0.25) is 17.7 Å². The molecule has 1 aliphatic heterocycles. The van der Waals surface area contributed by atoms with Crippen molar-refractivity contribution in [1.29, 1.82) is 0 Å². The number of rotatable bonds is 8. The largest absolute Gasteiger partial charge is 0.439 e. The Morgan fingerprint density at radius 1 is 1.08 bits per heavy atom. The second-order valence-corrected chi connectivity index (χ2v) is 9.82. The fourth-order valence-electron chi connectivity index (χ4n) is 5.18. The molecule has 0 bridgehead atoms. The smallest absolute Gasteiger partial charge is 0.246 e. The molecule has 2 amide bonds. The van der Waals surface area contributed by atoms with E-state index in [0.29, 0.717) is 29.7 Å². The van der Waals surface area contributed by atoms with Gasteiger partial charge in [0.25, 0.3) is 0 Å². The van der Waals surface area contributed by atoms with Crippen LogP contribution in [0.1, 0.15) is 69.4 Å². The van der Waals surface area contributed by atoms with Crippen LogP contribution in [0, 0.1) is 18.7 Å². The average Bonchev–Trinajstić information content (AvgIpc) is 3.38. The summed E-state index contributed by atoms with van der Waals surface area (Å²) in [4.78, 5) is 37.6. The minimum Gasteiger partial charge on any atom is -0.439 e. The number of benzene rings is 1. The molecule has 2 heterocycles. The molecule has 36 heavy (non-hydrogen) atoms. The number of likely N-dealkylation sites (N-methyl/N-ethyl adjacent to an activating group) is 1. The van der Waals surface area contributed by atoms with Crippen molar-refractivity contribution < 1.29 is 18.7 Å². The quantitative estimate of drug-likeness (QED) is 0.571. The average molecular weight is 498 g/mol. The van der Waals surface area contributed by atoms with Crippen molar-refractivity contribution >= 4 is 11.8 Å². The molecule has 2 aromatic rings. The Kier molecular flexibility index (Phi) is 8.51. The van der Waals surface area contributed by atoms with E-state index in [0.717, 1.165) is 38.5 Å². The maximum atomic E-state index is 13.9. The van der Waals surface area contributed by atoms with E-state index in [1.54, 1.807) is 39.1 Å². The van der Waals surface area contributed by atoms with Gasteiger partial charge in [0.05, 0.1) is 17.8 Å². The highest BCUT2D eigenvalue weighted by Crippen LogP contribution is 2.35. The number of aryl methyl sites for hydroxylation is 1. The van der Waals surface area contributed by atoms with Gasteiger partial charge in [-0.15, -0.1) is 0 Å². The first kappa shape index (κ1) is 26.0. The van der Waals surface area contributed by atoms with Gasteiger partial charge in [-0.1, -0.05) is 19.3 Å². The molecule has 2 N–H and O–H groups in total. The van der Waals surface area contributed by atoms with Gasteiger partial charge in [0.1, 0.15) is 23.4 Å². The van der Waals surface area contributed by atoms with Crippen molar-refractivity contribution in [2.45, 2.75) is 76.9 Å². The van der Waals surface area contributed by atoms with Crippen molar-refractivity contribution in [1.82, 2.24) is 25.5 Å². The Morgan fingerprint density at radius 2 is 1.81 bits per heavy atom. The molecule has 1 saturated carbocycles. The molecular weight excluding hydrogens is 461 g/mol. The summed E-state index contributed by atoms with van der Waals surface area (Å²) in [5.74, 6) is 0.935. The lowest BCUT2D eigenvalue weighted by molar-refractivity contribution is -0.139. The number of hydrogen-bond acceptors (Lipinski definition) is 6. The Morgan fingerprint density at radius 3 is 2.50 bits per heavy atom. The minimum atomic E-state index is -0.549. The number of ether oxygens (including phenoxy) is 1. The topological polar surface area (TPSA) is 96.5 Å².